The molecule has 0 aliphatic carbocycles. The van der Waals surface area contributed by atoms with Gasteiger partial charge in [0.2, 0.25) is 0 Å². The lowest BCUT2D eigenvalue weighted by Crippen LogP contribution is -2.33. The summed E-state index contributed by atoms with van der Waals surface area (Å²) in [7, 11) is 0. The molecule has 0 saturated carbocycles. The Labute approximate surface area is 133 Å². The number of hydrogen-bond donors (Lipinski definition) is 2. The molecular formula is C16H26N4S. The van der Waals surface area contributed by atoms with Gasteiger partial charge < -0.3 is 15.5 Å². The van der Waals surface area contributed by atoms with Crippen LogP contribution in [0.3, 0.4) is 0 Å². The van der Waals surface area contributed by atoms with Crippen molar-refractivity contribution in [3.8, 4) is 0 Å². The second-order valence-corrected chi connectivity index (χ2v) is 6.07. The lowest BCUT2D eigenvalue weighted by Gasteiger charge is -2.19. The predicted octanol–water partition coefficient (Wildman–Crippen LogP) is 2.94. The van der Waals surface area contributed by atoms with E-state index in [1.165, 1.54) is 38.8 Å². The molecule has 1 aromatic heterocycles. The number of aromatic nitrogens is 1. The van der Waals surface area contributed by atoms with E-state index in [4.69, 9.17) is 12.2 Å². The minimum absolute atomic E-state index is 0.660. The molecule has 1 saturated heterocycles. The molecule has 0 amide bonds. The summed E-state index contributed by atoms with van der Waals surface area (Å²) in [5.74, 6) is 0.836. The molecule has 0 aromatic carbocycles. The fraction of sp³-hybridized carbons (Fsp3) is 0.625. The van der Waals surface area contributed by atoms with Crippen LogP contribution in [0.2, 0.25) is 0 Å². The third-order valence-corrected chi connectivity index (χ3v) is 4.12. The van der Waals surface area contributed by atoms with Gasteiger partial charge in [0.25, 0.3) is 0 Å². The van der Waals surface area contributed by atoms with Gasteiger partial charge in [-0.05, 0) is 69.7 Å². The van der Waals surface area contributed by atoms with E-state index in [1.54, 1.807) is 6.20 Å². The molecule has 2 N–H and O–H groups in total. The normalized spacial score (nSPS) is 16.2. The van der Waals surface area contributed by atoms with Crippen molar-refractivity contribution in [2.75, 3.05) is 31.5 Å². The number of likely N-dealkylation sites (tertiary alicyclic amines) is 1. The maximum atomic E-state index is 5.31. The Morgan fingerprint density at radius 3 is 2.76 bits per heavy atom. The summed E-state index contributed by atoms with van der Waals surface area (Å²) in [6.07, 6.45) is 8.40. The molecule has 1 aromatic rings. The minimum Gasteiger partial charge on any atom is -0.362 e. The molecule has 0 unspecified atom stereocenters. The zero-order chi connectivity index (χ0) is 14.9. The van der Waals surface area contributed by atoms with Gasteiger partial charge in [0.05, 0.1) is 0 Å². The van der Waals surface area contributed by atoms with Crippen LogP contribution in [0.5, 0.6) is 0 Å². The molecule has 5 heteroatoms. The zero-order valence-corrected chi connectivity index (χ0v) is 13.7. The van der Waals surface area contributed by atoms with Gasteiger partial charge in [0.1, 0.15) is 5.82 Å². The lowest BCUT2D eigenvalue weighted by atomic mass is 10.2. The van der Waals surface area contributed by atoms with Crippen molar-refractivity contribution in [3.63, 3.8) is 0 Å². The molecular weight excluding hydrogens is 280 g/mol. The van der Waals surface area contributed by atoms with Crippen LogP contribution in [-0.2, 0) is 0 Å². The molecule has 2 rings (SSSR count). The summed E-state index contributed by atoms with van der Waals surface area (Å²) in [4.78, 5) is 6.86. The molecule has 0 bridgehead atoms. The van der Waals surface area contributed by atoms with E-state index in [1.807, 2.05) is 19.1 Å². The Morgan fingerprint density at radius 1 is 1.29 bits per heavy atom. The van der Waals surface area contributed by atoms with Crippen molar-refractivity contribution in [2.45, 2.75) is 39.0 Å². The number of pyridine rings is 1. The number of hydrogen-bond acceptors (Lipinski definition) is 3. The van der Waals surface area contributed by atoms with E-state index in [2.05, 4.69) is 20.5 Å². The molecule has 0 radical (unpaired) electrons. The van der Waals surface area contributed by atoms with Gasteiger partial charge in [-0.1, -0.05) is 18.9 Å². The predicted molar refractivity (Wildman–Crippen MR) is 92.7 cm³/mol. The third kappa shape index (κ3) is 5.98. The number of thiocarbonyl (C=S) groups is 1. The molecule has 1 aliphatic rings. The summed E-state index contributed by atoms with van der Waals surface area (Å²) < 4.78 is 0. The highest BCUT2D eigenvalue weighted by molar-refractivity contribution is 7.80. The molecule has 0 atom stereocenters. The lowest BCUT2D eigenvalue weighted by molar-refractivity contribution is 0.282. The third-order valence-electron chi connectivity index (χ3n) is 3.88. The number of nitrogens with zero attached hydrogens (tertiary/aromatic N) is 2. The highest BCUT2D eigenvalue weighted by Crippen LogP contribution is 2.10. The van der Waals surface area contributed by atoms with Crippen LogP contribution in [0, 0.1) is 6.92 Å². The van der Waals surface area contributed by atoms with Gasteiger partial charge >= 0.3 is 0 Å². The van der Waals surface area contributed by atoms with Gasteiger partial charge in [-0.15, -0.1) is 0 Å². The Hall–Kier alpha value is -1.20. The summed E-state index contributed by atoms with van der Waals surface area (Å²) in [5, 5.41) is 7.08. The van der Waals surface area contributed by atoms with Crippen LogP contribution in [0.4, 0.5) is 5.82 Å². The Morgan fingerprint density at radius 2 is 2.05 bits per heavy atom. The fourth-order valence-corrected chi connectivity index (χ4v) is 2.83. The number of rotatable bonds is 5. The van der Waals surface area contributed by atoms with Gasteiger partial charge in [0.15, 0.2) is 5.11 Å². The first-order valence-corrected chi connectivity index (χ1v) is 8.35. The Balaban J connectivity index is 1.62. The SMILES string of the molecule is Cc1cccnc1NC(=S)NCCCN1CCCCCC1. The molecule has 116 valence electrons. The van der Waals surface area contributed by atoms with Crippen molar-refractivity contribution >= 4 is 23.1 Å². The van der Waals surface area contributed by atoms with Crippen molar-refractivity contribution < 1.29 is 0 Å². The average molecular weight is 306 g/mol. The first-order valence-electron chi connectivity index (χ1n) is 7.94. The maximum Gasteiger partial charge on any atom is 0.171 e. The van der Waals surface area contributed by atoms with E-state index < -0.39 is 0 Å². The average Bonchev–Trinajstić information content (AvgIpc) is 2.75. The summed E-state index contributed by atoms with van der Waals surface area (Å²) in [6.45, 7) is 6.62. The minimum atomic E-state index is 0.660. The van der Waals surface area contributed by atoms with E-state index in [0.717, 1.165) is 30.9 Å². The van der Waals surface area contributed by atoms with E-state index in [9.17, 15) is 0 Å². The van der Waals surface area contributed by atoms with E-state index >= 15 is 0 Å². The molecule has 2 heterocycles. The maximum absolute atomic E-state index is 5.31. The van der Waals surface area contributed by atoms with Crippen LogP contribution in [0.25, 0.3) is 0 Å². The number of aryl methyl sites for hydroxylation is 1. The van der Waals surface area contributed by atoms with Gasteiger partial charge in [-0.3, -0.25) is 0 Å². The monoisotopic (exact) mass is 306 g/mol. The molecule has 1 aliphatic heterocycles. The smallest absolute Gasteiger partial charge is 0.171 e. The van der Waals surface area contributed by atoms with Crippen molar-refractivity contribution in [3.05, 3.63) is 23.9 Å². The first kappa shape index (κ1) is 16.2. The second-order valence-electron chi connectivity index (χ2n) is 5.66. The van der Waals surface area contributed by atoms with Crippen molar-refractivity contribution in [2.24, 2.45) is 0 Å². The largest absolute Gasteiger partial charge is 0.362 e. The highest BCUT2D eigenvalue weighted by Gasteiger charge is 2.08. The standard InChI is InChI=1S/C16H26N4S/c1-14-8-6-9-17-15(14)19-16(21)18-10-7-13-20-11-4-2-3-5-12-20/h6,8-9H,2-5,7,10-13H2,1H3,(H2,17,18,19,21). The van der Waals surface area contributed by atoms with Gasteiger partial charge in [-0.2, -0.15) is 0 Å². The summed E-state index contributed by atoms with van der Waals surface area (Å²) in [5.41, 5.74) is 1.10. The quantitative estimate of drug-likeness (QED) is 0.646. The van der Waals surface area contributed by atoms with E-state index in [0.29, 0.717) is 5.11 Å². The number of nitrogens with one attached hydrogen (secondary N) is 2. The molecule has 0 spiro atoms. The van der Waals surface area contributed by atoms with Gasteiger partial charge in [-0.25, -0.2) is 4.98 Å². The highest BCUT2D eigenvalue weighted by atomic mass is 32.1. The van der Waals surface area contributed by atoms with Crippen LogP contribution in [0.1, 0.15) is 37.7 Å². The topological polar surface area (TPSA) is 40.2 Å². The van der Waals surface area contributed by atoms with Crippen LogP contribution in [-0.4, -0.2) is 41.2 Å². The molecule has 21 heavy (non-hydrogen) atoms. The van der Waals surface area contributed by atoms with E-state index in [-0.39, 0.29) is 0 Å². The second kappa shape index (κ2) is 8.95. The van der Waals surface area contributed by atoms with Gasteiger partial charge in [0, 0.05) is 12.7 Å². The van der Waals surface area contributed by atoms with Crippen LogP contribution >= 0.6 is 12.2 Å². The fourth-order valence-electron chi connectivity index (χ4n) is 2.63. The first-order chi connectivity index (χ1) is 10.3. The molecule has 1 fully saturated rings. The Bertz CT molecular complexity index is 442. The Kier molecular flexibility index (Phi) is 6.89. The van der Waals surface area contributed by atoms with Crippen molar-refractivity contribution in [1.82, 2.24) is 15.2 Å². The van der Waals surface area contributed by atoms with Crippen molar-refractivity contribution in [1.29, 1.82) is 0 Å². The van der Waals surface area contributed by atoms with Crippen LogP contribution in [0.15, 0.2) is 18.3 Å². The summed E-state index contributed by atoms with van der Waals surface area (Å²) in [6, 6.07) is 3.95. The van der Waals surface area contributed by atoms with Crippen LogP contribution < -0.4 is 10.6 Å². The zero-order valence-electron chi connectivity index (χ0n) is 12.9. The summed E-state index contributed by atoms with van der Waals surface area (Å²) >= 11 is 5.31. The number of anilines is 1. The molecule has 4 nitrogen and oxygen atoms in total.